The van der Waals surface area contributed by atoms with E-state index in [0.717, 1.165) is 16.5 Å². The molecule has 0 aliphatic carbocycles. The molecule has 3 aromatic rings. The van der Waals surface area contributed by atoms with Gasteiger partial charge in [0.15, 0.2) is 0 Å². The van der Waals surface area contributed by atoms with Crippen molar-refractivity contribution in [1.29, 1.82) is 0 Å². The second-order valence-electron chi connectivity index (χ2n) is 9.62. The first-order valence-electron chi connectivity index (χ1n) is 11.6. The van der Waals surface area contributed by atoms with Crippen molar-refractivity contribution in [3.05, 3.63) is 75.0 Å². The molecule has 2 unspecified atom stereocenters. The summed E-state index contributed by atoms with van der Waals surface area (Å²) in [5.41, 5.74) is 2.81. The van der Waals surface area contributed by atoms with Crippen LogP contribution in [0.3, 0.4) is 0 Å². The smallest absolute Gasteiger partial charge is 0.251 e. The van der Waals surface area contributed by atoms with Gasteiger partial charge in [-0.2, -0.15) is 0 Å². The molecule has 4 rings (SSSR count). The number of carbonyl (C=O) groups excluding carboxylic acids is 1. The van der Waals surface area contributed by atoms with E-state index >= 15 is 0 Å². The highest BCUT2D eigenvalue weighted by Gasteiger charge is 2.39. The zero-order chi connectivity index (χ0) is 25.5. The average molecular weight is 516 g/mol. The van der Waals surface area contributed by atoms with Crippen LogP contribution >= 0.6 is 11.6 Å². The molecule has 9 heteroatoms. The fourth-order valence-electron chi connectivity index (χ4n) is 4.84. The molecule has 0 bridgehead atoms. The zero-order valence-corrected chi connectivity index (χ0v) is 21.9. The summed E-state index contributed by atoms with van der Waals surface area (Å²) in [6.45, 7) is 5.59. The van der Waals surface area contributed by atoms with Crippen molar-refractivity contribution in [2.45, 2.75) is 45.7 Å². The van der Waals surface area contributed by atoms with Crippen LogP contribution in [-0.4, -0.2) is 30.7 Å². The standard InChI is InChI=1S/C26H30ClN3O4S/c1-16(2)15-35(33,34)28-22-11-12-24(31)30(26(22)18-5-7-19(27)8-6-18)20-9-10-21-17(3)13-25(32)29(4)23(21)14-20/h5-10,13-14,16,22,26,28H,11-12,15H2,1-4H3. The maximum absolute atomic E-state index is 13.3. The third kappa shape index (κ3) is 5.29. The first kappa shape index (κ1) is 25.4. The Hall–Kier alpha value is -2.68. The van der Waals surface area contributed by atoms with E-state index in [-0.39, 0.29) is 29.6 Å². The van der Waals surface area contributed by atoms with E-state index in [1.165, 1.54) is 0 Å². The Balaban J connectivity index is 1.86. The first-order chi connectivity index (χ1) is 16.5. The Morgan fingerprint density at radius 1 is 1.09 bits per heavy atom. The van der Waals surface area contributed by atoms with Crippen molar-refractivity contribution in [2.24, 2.45) is 13.0 Å². The average Bonchev–Trinajstić information content (AvgIpc) is 2.78. The molecule has 1 N–H and O–H groups in total. The molecular weight excluding hydrogens is 486 g/mol. The largest absolute Gasteiger partial charge is 0.311 e. The predicted octanol–water partition coefficient (Wildman–Crippen LogP) is 4.31. The molecule has 2 aromatic carbocycles. The van der Waals surface area contributed by atoms with Gasteiger partial charge in [-0.15, -0.1) is 0 Å². The molecule has 1 fully saturated rings. The Kier molecular flexibility index (Phi) is 7.09. The lowest BCUT2D eigenvalue weighted by molar-refractivity contribution is -0.120. The van der Waals surface area contributed by atoms with E-state index in [9.17, 15) is 18.0 Å². The van der Waals surface area contributed by atoms with Gasteiger partial charge in [0.2, 0.25) is 15.9 Å². The monoisotopic (exact) mass is 515 g/mol. The van der Waals surface area contributed by atoms with Crippen LogP contribution in [-0.2, 0) is 21.9 Å². The van der Waals surface area contributed by atoms with Crippen LogP contribution in [0, 0.1) is 12.8 Å². The van der Waals surface area contributed by atoms with Crippen molar-refractivity contribution in [3.63, 3.8) is 0 Å². The van der Waals surface area contributed by atoms with Crippen molar-refractivity contribution in [3.8, 4) is 0 Å². The molecule has 1 aliphatic heterocycles. The minimum atomic E-state index is -3.56. The van der Waals surface area contributed by atoms with E-state index in [1.807, 2.05) is 51.1 Å². The Labute approximate surface area is 210 Å². The lowest BCUT2D eigenvalue weighted by atomic mass is 9.90. The van der Waals surface area contributed by atoms with Crippen LogP contribution in [0.25, 0.3) is 10.9 Å². The number of piperidine rings is 1. The summed E-state index contributed by atoms with van der Waals surface area (Å²) in [4.78, 5) is 27.4. The van der Waals surface area contributed by atoms with Gasteiger partial charge in [-0.3, -0.25) is 9.59 Å². The van der Waals surface area contributed by atoms with E-state index < -0.39 is 22.1 Å². The van der Waals surface area contributed by atoms with Gasteiger partial charge in [0, 0.05) is 41.7 Å². The topological polar surface area (TPSA) is 88.5 Å². The number of hydrogen-bond acceptors (Lipinski definition) is 4. The number of pyridine rings is 1. The van der Waals surface area contributed by atoms with Crippen LogP contribution in [0.5, 0.6) is 0 Å². The summed E-state index contributed by atoms with van der Waals surface area (Å²) in [5.74, 6) is -0.142. The molecule has 0 spiro atoms. The van der Waals surface area contributed by atoms with Crippen molar-refractivity contribution in [2.75, 3.05) is 10.7 Å². The lowest BCUT2D eigenvalue weighted by Gasteiger charge is -2.42. The Morgan fingerprint density at radius 3 is 2.43 bits per heavy atom. The molecule has 1 aliphatic rings. The molecule has 7 nitrogen and oxygen atoms in total. The molecule has 2 heterocycles. The number of aryl methyl sites for hydroxylation is 2. The second-order valence-corrected chi connectivity index (χ2v) is 11.9. The highest BCUT2D eigenvalue weighted by Crippen LogP contribution is 2.38. The normalized spacial score (nSPS) is 19.0. The minimum Gasteiger partial charge on any atom is -0.311 e. The van der Waals surface area contributed by atoms with Crippen LogP contribution in [0.2, 0.25) is 5.02 Å². The number of sulfonamides is 1. The number of fused-ring (bicyclic) bond motifs is 1. The zero-order valence-electron chi connectivity index (χ0n) is 20.3. The number of benzene rings is 2. The van der Waals surface area contributed by atoms with Crippen LogP contribution in [0.15, 0.2) is 53.3 Å². The number of aromatic nitrogens is 1. The summed E-state index contributed by atoms with van der Waals surface area (Å²) in [7, 11) is -1.86. The summed E-state index contributed by atoms with van der Waals surface area (Å²) in [5, 5.41) is 1.47. The molecule has 35 heavy (non-hydrogen) atoms. The first-order valence-corrected chi connectivity index (χ1v) is 13.7. The summed E-state index contributed by atoms with van der Waals surface area (Å²) < 4.78 is 30.2. The van der Waals surface area contributed by atoms with Crippen molar-refractivity contribution < 1.29 is 13.2 Å². The fraction of sp³-hybridized carbons (Fsp3) is 0.385. The molecular formula is C26H30ClN3O4S. The Morgan fingerprint density at radius 2 is 1.77 bits per heavy atom. The maximum Gasteiger partial charge on any atom is 0.251 e. The van der Waals surface area contributed by atoms with E-state index in [0.29, 0.717) is 22.6 Å². The van der Waals surface area contributed by atoms with Gasteiger partial charge in [-0.1, -0.05) is 43.6 Å². The minimum absolute atomic E-state index is 0.00213. The van der Waals surface area contributed by atoms with Crippen molar-refractivity contribution >= 4 is 44.1 Å². The van der Waals surface area contributed by atoms with Gasteiger partial charge in [-0.25, -0.2) is 13.1 Å². The van der Waals surface area contributed by atoms with E-state index in [4.69, 9.17) is 11.6 Å². The third-order valence-corrected chi connectivity index (χ3v) is 8.43. The number of anilines is 1. The van der Waals surface area contributed by atoms with Gasteiger partial charge in [-0.05, 0) is 54.7 Å². The lowest BCUT2D eigenvalue weighted by Crippen LogP contribution is -2.53. The van der Waals surface area contributed by atoms with Crippen molar-refractivity contribution in [1.82, 2.24) is 9.29 Å². The number of halogens is 1. The number of carbonyl (C=O) groups is 1. The van der Waals surface area contributed by atoms with Gasteiger partial charge in [0.05, 0.1) is 17.3 Å². The highest BCUT2D eigenvalue weighted by atomic mass is 35.5. The van der Waals surface area contributed by atoms with Crippen LogP contribution < -0.4 is 15.2 Å². The van der Waals surface area contributed by atoms with E-state index in [2.05, 4.69) is 4.72 Å². The molecule has 0 saturated carbocycles. The van der Waals surface area contributed by atoms with Gasteiger partial charge in [0.1, 0.15) is 0 Å². The molecule has 1 aromatic heterocycles. The molecule has 0 radical (unpaired) electrons. The molecule has 2 atom stereocenters. The van der Waals surface area contributed by atoms with Crippen LogP contribution in [0.1, 0.15) is 43.9 Å². The number of nitrogens with one attached hydrogen (secondary N) is 1. The molecule has 186 valence electrons. The van der Waals surface area contributed by atoms with Crippen LogP contribution in [0.4, 0.5) is 5.69 Å². The number of amides is 1. The van der Waals surface area contributed by atoms with Gasteiger partial charge in [0.25, 0.3) is 5.56 Å². The second kappa shape index (κ2) is 9.76. The van der Waals surface area contributed by atoms with E-state index in [1.54, 1.807) is 34.7 Å². The SMILES string of the molecule is Cc1cc(=O)n(C)c2cc(N3C(=O)CCC(NS(=O)(=O)CC(C)C)C3c3ccc(Cl)cc3)ccc12. The number of rotatable bonds is 6. The summed E-state index contributed by atoms with van der Waals surface area (Å²) in [6, 6.07) is 13.2. The summed E-state index contributed by atoms with van der Waals surface area (Å²) >= 11 is 6.12. The number of hydrogen-bond donors (Lipinski definition) is 1. The van der Waals surface area contributed by atoms with Gasteiger partial charge < -0.3 is 9.47 Å². The third-order valence-electron chi connectivity index (χ3n) is 6.41. The Bertz CT molecular complexity index is 1430. The van der Waals surface area contributed by atoms with Gasteiger partial charge >= 0.3 is 0 Å². The highest BCUT2D eigenvalue weighted by molar-refractivity contribution is 7.89. The summed E-state index contributed by atoms with van der Waals surface area (Å²) in [6.07, 6.45) is 0.578. The maximum atomic E-state index is 13.3. The predicted molar refractivity (Wildman–Crippen MR) is 140 cm³/mol. The number of nitrogens with zero attached hydrogens (tertiary/aromatic N) is 2. The quantitative estimate of drug-likeness (QED) is 0.529. The fourth-order valence-corrected chi connectivity index (χ4v) is 6.65. The molecule has 1 saturated heterocycles. The molecule has 1 amide bonds.